The van der Waals surface area contributed by atoms with E-state index < -0.39 is 0 Å². The molecule has 2 aromatic carbocycles. The fourth-order valence-corrected chi connectivity index (χ4v) is 3.05. The summed E-state index contributed by atoms with van der Waals surface area (Å²) < 4.78 is 3.59. The molecule has 0 amide bonds. The molecule has 0 heterocycles. The molecule has 1 aliphatic rings. The summed E-state index contributed by atoms with van der Waals surface area (Å²) >= 11 is 1.16. The predicted molar refractivity (Wildman–Crippen MR) is 79.2 cm³/mol. The standard InChI is InChI=1S/C15H8N2O2S/c18-8-16-13-6-4-10-2-1-3-12-14(20-17-9-19)7-5-11(13)15(10)12/h1-7,14H. The van der Waals surface area contributed by atoms with Crippen LogP contribution in [0, 0.1) is 0 Å². The van der Waals surface area contributed by atoms with Gasteiger partial charge in [-0.3, -0.25) is 0 Å². The number of nitrogens with zero attached hydrogens (tertiary/aromatic N) is 2. The van der Waals surface area contributed by atoms with Crippen molar-refractivity contribution in [2.75, 3.05) is 0 Å². The Morgan fingerprint density at radius 2 is 2.00 bits per heavy atom. The molecule has 0 fully saturated rings. The van der Waals surface area contributed by atoms with Crippen LogP contribution in [0.25, 0.3) is 16.8 Å². The molecular formula is C15H8N2O2S. The normalized spacial score (nSPS) is 15.5. The van der Waals surface area contributed by atoms with E-state index in [0.29, 0.717) is 5.69 Å². The molecule has 0 N–H and O–H groups in total. The first-order valence-electron chi connectivity index (χ1n) is 5.90. The maximum absolute atomic E-state index is 10.5. The van der Waals surface area contributed by atoms with Gasteiger partial charge in [0.2, 0.25) is 12.2 Å². The number of aliphatic imine (C=N–C) groups is 1. The molecule has 0 saturated carbocycles. The van der Waals surface area contributed by atoms with Gasteiger partial charge in [-0.1, -0.05) is 36.4 Å². The molecule has 20 heavy (non-hydrogen) atoms. The van der Waals surface area contributed by atoms with Crippen molar-refractivity contribution in [1.82, 2.24) is 0 Å². The van der Waals surface area contributed by atoms with Gasteiger partial charge in [0.15, 0.2) is 0 Å². The van der Waals surface area contributed by atoms with Gasteiger partial charge >= 0.3 is 0 Å². The maximum Gasteiger partial charge on any atom is 0.247 e. The van der Waals surface area contributed by atoms with Gasteiger partial charge in [-0.2, -0.15) is 4.99 Å². The second kappa shape index (κ2) is 5.27. The predicted octanol–water partition coefficient (Wildman–Crippen LogP) is 3.86. The third-order valence-electron chi connectivity index (χ3n) is 3.21. The molecule has 0 bridgehead atoms. The zero-order valence-electron chi connectivity index (χ0n) is 10.2. The first kappa shape index (κ1) is 12.6. The Bertz CT molecular complexity index is 816. The van der Waals surface area contributed by atoms with Crippen molar-refractivity contribution < 1.29 is 9.59 Å². The van der Waals surface area contributed by atoms with E-state index in [1.54, 1.807) is 12.1 Å². The summed E-state index contributed by atoms with van der Waals surface area (Å²) in [6.07, 6.45) is 6.96. The number of rotatable bonds is 3. The molecular weight excluding hydrogens is 272 g/mol. The molecule has 4 nitrogen and oxygen atoms in total. The van der Waals surface area contributed by atoms with Gasteiger partial charge in [-0.05, 0) is 34.4 Å². The molecule has 0 aliphatic heterocycles. The number of isocyanates is 2. The first-order chi connectivity index (χ1) is 9.85. The summed E-state index contributed by atoms with van der Waals surface area (Å²) in [4.78, 5) is 24.5. The fraction of sp³-hybridized carbons (Fsp3) is 0.0667. The molecule has 0 aromatic heterocycles. The molecule has 2 aromatic rings. The molecule has 0 spiro atoms. The topological polar surface area (TPSA) is 58.9 Å². The highest BCUT2D eigenvalue weighted by atomic mass is 32.2. The number of benzene rings is 2. The summed E-state index contributed by atoms with van der Waals surface area (Å²) in [6.45, 7) is 0. The average molecular weight is 280 g/mol. The van der Waals surface area contributed by atoms with Gasteiger partial charge in [0.1, 0.15) is 0 Å². The molecule has 1 aliphatic carbocycles. The van der Waals surface area contributed by atoms with Crippen molar-refractivity contribution in [3.05, 3.63) is 47.5 Å². The molecule has 0 saturated heterocycles. The number of hydrogen-bond acceptors (Lipinski definition) is 5. The maximum atomic E-state index is 10.5. The second-order valence-corrected chi connectivity index (χ2v) is 5.12. The van der Waals surface area contributed by atoms with E-state index >= 15 is 0 Å². The highest BCUT2D eigenvalue weighted by Crippen LogP contribution is 2.43. The summed E-state index contributed by atoms with van der Waals surface area (Å²) in [6, 6.07) is 9.67. The quantitative estimate of drug-likeness (QED) is 0.487. The zero-order valence-corrected chi connectivity index (χ0v) is 11.1. The molecule has 1 unspecified atom stereocenters. The Kier molecular flexibility index (Phi) is 3.32. The Balaban J connectivity index is 2.28. The minimum absolute atomic E-state index is 0.0388. The van der Waals surface area contributed by atoms with Gasteiger partial charge < -0.3 is 0 Å². The largest absolute Gasteiger partial charge is 0.247 e. The van der Waals surface area contributed by atoms with Crippen LogP contribution in [0.1, 0.15) is 16.4 Å². The molecule has 0 radical (unpaired) electrons. The lowest BCUT2D eigenvalue weighted by molar-refractivity contribution is 0.565. The Morgan fingerprint density at radius 1 is 1.10 bits per heavy atom. The molecule has 96 valence electrons. The summed E-state index contributed by atoms with van der Waals surface area (Å²) in [7, 11) is 0. The molecule has 3 rings (SSSR count). The Labute approximate surface area is 119 Å². The number of hydrogen-bond donors (Lipinski definition) is 0. The van der Waals surface area contributed by atoms with Crippen LogP contribution in [0.2, 0.25) is 0 Å². The van der Waals surface area contributed by atoms with Crippen molar-refractivity contribution in [2.45, 2.75) is 5.25 Å². The Hall–Kier alpha value is -2.45. The van der Waals surface area contributed by atoms with Crippen LogP contribution in [0.5, 0.6) is 0 Å². The van der Waals surface area contributed by atoms with Crippen LogP contribution in [0.4, 0.5) is 5.69 Å². The van der Waals surface area contributed by atoms with Crippen LogP contribution in [0.3, 0.4) is 0 Å². The van der Waals surface area contributed by atoms with Crippen LogP contribution in [-0.2, 0) is 9.59 Å². The van der Waals surface area contributed by atoms with E-state index in [9.17, 15) is 9.59 Å². The van der Waals surface area contributed by atoms with Gasteiger partial charge in [-0.15, -0.1) is 4.40 Å². The van der Waals surface area contributed by atoms with E-state index in [-0.39, 0.29) is 5.25 Å². The van der Waals surface area contributed by atoms with Gasteiger partial charge in [0, 0.05) is 5.56 Å². The van der Waals surface area contributed by atoms with Crippen LogP contribution < -0.4 is 0 Å². The van der Waals surface area contributed by atoms with E-state index in [2.05, 4.69) is 9.39 Å². The highest BCUT2D eigenvalue weighted by Gasteiger charge is 2.20. The van der Waals surface area contributed by atoms with Crippen molar-refractivity contribution in [1.29, 1.82) is 0 Å². The minimum Gasteiger partial charge on any atom is -0.211 e. The number of carbonyl (C=O) groups excluding carboxylic acids is 2. The van der Waals surface area contributed by atoms with E-state index in [4.69, 9.17) is 0 Å². The van der Waals surface area contributed by atoms with Crippen LogP contribution >= 0.6 is 11.9 Å². The highest BCUT2D eigenvalue weighted by molar-refractivity contribution is 7.98. The van der Waals surface area contributed by atoms with Crippen molar-refractivity contribution >= 4 is 46.6 Å². The molecule has 5 heteroatoms. The van der Waals surface area contributed by atoms with Crippen molar-refractivity contribution in [3.63, 3.8) is 0 Å². The second-order valence-electron chi connectivity index (χ2n) is 4.21. The van der Waals surface area contributed by atoms with Crippen molar-refractivity contribution in [3.8, 4) is 0 Å². The summed E-state index contributed by atoms with van der Waals surface area (Å²) in [5.41, 5.74) is 2.54. The average Bonchev–Trinajstić information content (AvgIpc) is 2.49. The first-order valence-corrected chi connectivity index (χ1v) is 6.73. The lowest BCUT2D eigenvalue weighted by Crippen LogP contribution is -1.97. The van der Waals surface area contributed by atoms with Gasteiger partial charge in [-0.25, -0.2) is 9.59 Å². The molecule has 1 atom stereocenters. The van der Waals surface area contributed by atoms with E-state index in [1.165, 1.54) is 6.08 Å². The smallest absolute Gasteiger partial charge is 0.211 e. The van der Waals surface area contributed by atoms with Gasteiger partial charge in [0.25, 0.3) is 0 Å². The van der Waals surface area contributed by atoms with Crippen molar-refractivity contribution in [2.24, 2.45) is 9.39 Å². The lowest BCUT2D eigenvalue weighted by Gasteiger charge is -2.19. The van der Waals surface area contributed by atoms with Crippen LogP contribution in [-0.4, -0.2) is 12.2 Å². The third-order valence-corrected chi connectivity index (χ3v) is 4.03. The van der Waals surface area contributed by atoms with Crippen LogP contribution in [0.15, 0.2) is 45.8 Å². The Morgan fingerprint density at radius 3 is 2.80 bits per heavy atom. The van der Waals surface area contributed by atoms with E-state index in [1.807, 2.05) is 36.4 Å². The monoisotopic (exact) mass is 280 g/mol. The van der Waals surface area contributed by atoms with E-state index in [0.717, 1.165) is 33.8 Å². The van der Waals surface area contributed by atoms with Gasteiger partial charge in [0.05, 0.1) is 10.9 Å². The SMILES string of the molecule is O=C=NSC1C=Cc2c(N=C=O)ccc3cccc1c23. The lowest BCUT2D eigenvalue weighted by atomic mass is 9.92. The minimum atomic E-state index is -0.0388. The fourth-order valence-electron chi connectivity index (χ4n) is 2.44. The summed E-state index contributed by atoms with van der Waals surface area (Å²) in [5.74, 6) is 0. The summed E-state index contributed by atoms with van der Waals surface area (Å²) in [5, 5.41) is 2.06. The zero-order chi connectivity index (χ0) is 13.9. The third kappa shape index (κ3) is 2.00.